The summed E-state index contributed by atoms with van der Waals surface area (Å²) in [5.41, 5.74) is 6.93. The second-order valence-electron chi connectivity index (χ2n) is 6.03. The van der Waals surface area contributed by atoms with Gasteiger partial charge in [-0.2, -0.15) is 4.98 Å². The predicted molar refractivity (Wildman–Crippen MR) is 106 cm³/mol. The van der Waals surface area contributed by atoms with Crippen LogP contribution < -0.4 is 16.0 Å². The lowest BCUT2D eigenvalue weighted by atomic mass is 10.1. The van der Waals surface area contributed by atoms with Gasteiger partial charge in [0.2, 0.25) is 5.95 Å². The van der Waals surface area contributed by atoms with Crippen LogP contribution in [0.4, 0.5) is 22.2 Å². The van der Waals surface area contributed by atoms with E-state index in [1.54, 1.807) is 19.1 Å². The molecule has 3 rings (SSSR count). The van der Waals surface area contributed by atoms with Crippen LogP contribution in [0.25, 0.3) is 0 Å². The minimum atomic E-state index is -1.21. The van der Waals surface area contributed by atoms with Crippen molar-refractivity contribution in [1.29, 1.82) is 0 Å². The van der Waals surface area contributed by atoms with Crippen molar-refractivity contribution in [2.75, 3.05) is 10.2 Å². The normalized spacial score (nSPS) is 11.5. The van der Waals surface area contributed by atoms with E-state index < -0.39 is 18.0 Å². The third kappa shape index (κ3) is 4.07. The monoisotopic (exact) mass is 377 g/mol. The molecule has 0 saturated heterocycles. The van der Waals surface area contributed by atoms with Crippen molar-refractivity contribution in [2.24, 2.45) is 5.73 Å². The molecule has 1 atom stereocenters. The first kappa shape index (κ1) is 18.8. The van der Waals surface area contributed by atoms with Gasteiger partial charge < -0.3 is 16.2 Å². The number of hydrogen-bond donors (Lipinski definition) is 3. The van der Waals surface area contributed by atoms with E-state index in [9.17, 15) is 14.7 Å². The van der Waals surface area contributed by atoms with Gasteiger partial charge in [-0.05, 0) is 24.6 Å². The number of nitrogens with one attached hydrogen (secondary N) is 1. The summed E-state index contributed by atoms with van der Waals surface area (Å²) in [6.45, 7) is 1.74. The summed E-state index contributed by atoms with van der Waals surface area (Å²) in [4.78, 5) is 33.1. The van der Waals surface area contributed by atoms with Crippen molar-refractivity contribution in [1.82, 2.24) is 9.97 Å². The number of nitrogens with zero attached hydrogens (tertiary/aromatic N) is 3. The lowest BCUT2D eigenvalue weighted by molar-refractivity contribution is 0.100. The number of carbonyl (C=O) groups is 2. The van der Waals surface area contributed by atoms with E-state index in [2.05, 4.69) is 15.3 Å². The molecule has 0 spiro atoms. The van der Waals surface area contributed by atoms with Crippen LogP contribution in [0.15, 0.2) is 66.9 Å². The average Bonchev–Trinajstić information content (AvgIpc) is 2.69. The Morgan fingerprint density at radius 3 is 2.25 bits per heavy atom. The number of amides is 2. The molecule has 0 aliphatic carbocycles. The Labute approximate surface area is 161 Å². The summed E-state index contributed by atoms with van der Waals surface area (Å²) in [6.07, 6.45) is 0.0117. The largest absolute Gasteiger partial charge is 0.465 e. The molecule has 8 heteroatoms. The summed E-state index contributed by atoms with van der Waals surface area (Å²) in [5, 5.41) is 12.7. The van der Waals surface area contributed by atoms with Crippen molar-refractivity contribution < 1.29 is 14.7 Å². The highest BCUT2D eigenvalue weighted by atomic mass is 16.4. The Morgan fingerprint density at radius 2 is 1.68 bits per heavy atom. The molecular weight excluding hydrogens is 358 g/mol. The third-order valence-electron chi connectivity index (χ3n) is 4.17. The quantitative estimate of drug-likeness (QED) is 0.604. The minimum Gasteiger partial charge on any atom is -0.465 e. The number of anilines is 3. The minimum absolute atomic E-state index is 0.0605. The molecular formula is C20H19N5O3. The Hall–Kier alpha value is -3.94. The Balaban J connectivity index is 2.03. The van der Waals surface area contributed by atoms with Gasteiger partial charge in [0.1, 0.15) is 11.4 Å². The highest BCUT2D eigenvalue weighted by molar-refractivity contribution is 5.98. The van der Waals surface area contributed by atoms with Crippen molar-refractivity contribution in [3.8, 4) is 0 Å². The van der Waals surface area contributed by atoms with Crippen LogP contribution in [-0.4, -0.2) is 27.1 Å². The molecule has 0 bridgehead atoms. The van der Waals surface area contributed by atoms with Gasteiger partial charge in [0.25, 0.3) is 5.91 Å². The summed E-state index contributed by atoms with van der Waals surface area (Å²) in [7, 11) is 0. The van der Waals surface area contributed by atoms with Crippen LogP contribution in [-0.2, 0) is 0 Å². The molecule has 0 fully saturated rings. The Bertz CT molecular complexity index is 980. The van der Waals surface area contributed by atoms with Gasteiger partial charge in [-0.15, -0.1) is 0 Å². The lowest BCUT2D eigenvalue weighted by Crippen LogP contribution is -2.34. The number of aromatic nitrogens is 2. The lowest BCUT2D eigenvalue weighted by Gasteiger charge is -2.25. The van der Waals surface area contributed by atoms with Crippen molar-refractivity contribution in [3.63, 3.8) is 0 Å². The zero-order chi connectivity index (χ0) is 20.1. The van der Waals surface area contributed by atoms with Gasteiger partial charge in [0.05, 0.1) is 6.04 Å². The van der Waals surface area contributed by atoms with Crippen LogP contribution in [0.1, 0.15) is 28.9 Å². The number of primary amides is 1. The van der Waals surface area contributed by atoms with E-state index in [0.29, 0.717) is 5.69 Å². The maximum Gasteiger partial charge on any atom is 0.414 e. The summed E-state index contributed by atoms with van der Waals surface area (Å²) in [5.74, 6) is -0.648. The first-order valence-corrected chi connectivity index (χ1v) is 8.53. The molecule has 1 aromatic heterocycles. The summed E-state index contributed by atoms with van der Waals surface area (Å²) in [6, 6.07) is 17.6. The molecule has 0 aliphatic rings. The van der Waals surface area contributed by atoms with Crippen molar-refractivity contribution in [3.05, 3.63) is 78.0 Å². The summed E-state index contributed by atoms with van der Waals surface area (Å²) < 4.78 is 0. The van der Waals surface area contributed by atoms with Crippen LogP contribution in [0, 0.1) is 0 Å². The van der Waals surface area contributed by atoms with Crippen LogP contribution in [0.3, 0.4) is 0 Å². The molecule has 0 aliphatic heterocycles. The number of nitrogens with two attached hydrogens (primary N) is 1. The highest BCUT2D eigenvalue weighted by Gasteiger charge is 2.26. The maximum atomic E-state index is 11.9. The second kappa shape index (κ2) is 8.17. The molecule has 8 nitrogen and oxygen atoms in total. The molecule has 3 aromatic rings. The van der Waals surface area contributed by atoms with Crippen molar-refractivity contribution in [2.45, 2.75) is 13.0 Å². The molecule has 28 heavy (non-hydrogen) atoms. The predicted octanol–water partition coefficient (Wildman–Crippen LogP) is 3.56. The maximum absolute atomic E-state index is 11.9. The SMILES string of the molecule is CC(c1ccccc1)N(C(=O)O)c1ncc(C(N)=O)c(Nc2ccccc2)n1. The number of benzene rings is 2. The molecule has 4 N–H and O–H groups in total. The van der Waals surface area contributed by atoms with E-state index in [1.807, 2.05) is 48.5 Å². The summed E-state index contributed by atoms with van der Waals surface area (Å²) >= 11 is 0. The highest BCUT2D eigenvalue weighted by Crippen LogP contribution is 2.27. The fourth-order valence-corrected chi connectivity index (χ4v) is 2.73. The van der Waals surface area contributed by atoms with Gasteiger partial charge in [-0.25, -0.2) is 14.7 Å². The van der Waals surface area contributed by atoms with Gasteiger partial charge >= 0.3 is 6.09 Å². The fraction of sp³-hybridized carbons (Fsp3) is 0.100. The Kier molecular flexibility index (Phi) is 5.50. The first-order chi connectivity index (χ1) is 13.5. The number of carboxylic acid groups (broad SMARTS) is 1. The average molecular weight is 377 g/mol. The molecule has 0 radical (unpaired) electrons. The van der Waals surface area contributed by atoms with E-state index in [1.165, 1.54) is 6.20 Å². The zero-order valence-corrected chi connectivity index (χ0v) is 15.1. The number of carbonyl (C=O) groups excluding carboxylic acids is 1. The zero-order valence-electron chi connectivity index (χ0n) is 15.1. The molecule has 2 amide bonds. The topological polar surface area (TPSA) is 121 Å². The molecule has 1 heterocycles. The number of rotatable bonds is 6. The van der Waals surface area contributed by atoms with Crippen LogP contribution in [0.2, 0.25) is 0 Å². The van der Waals surface area contributed by atoms with E-state index in [4.69, 9.17) is 5.73 Å². The number of hydrogen-bond acceptors (Lipinski definition) is 5. The van der Waals surface area contributed by atoms with E-state index in [0.717, 1.165) is 10.5 Å². The third-order valence-corrected chi connectivity index (χ3v) is 4.17. The fourth-order valence-electron chi connectivity index (χ4n) is 2.73. The van der Waals surface area contributed by atoms with E-state index >= 15 is 0 Å². The smallest absolute Gasteiger partial charge is 0.414 e. The Morgan fingerprint density at radius 1 is 1.07 bits per heavy atom. The molecule has 142 valence electrons. The van der Waals surface area contributed by atoms with Gasteiger partial charge in [-0.1, -0.05) is 48.5 Å². The standard InChI is InChI=1S/C20H19N5O3/c1-13(14-8-4-2-5-9-14)25(20(27)28)19-22-12-16(17(21)26)18(24-19)23-15-10-6-3-7-11-15/h2-13H,1H3,(H2,21,26)(H,27,28)(H,22,23,24). The van der Waals surface area contributed by atoms with Gasteiger partial charge in [-0.3, -0.25) is 4.79 Å². The van der Waals surface area contributed by atoms with Gasteiger partial charge in [0.15, 0.2) is 0 Å². The molecule has 0 saturated carbocycles. The van der Waals surface area contributed by atoms with Crippen LogP contribution in [0.5, 0.6) is 0 Å². The number of para-hydroxylation sites is 1. The van der Waals surface area contributed by atoms with E-state index in [-0.39, 0.29) is 17.3 Å². The molecule has 2 aromatic carbocycles. The van der Waals surface area contributed by atoms with Gasteiger partial charge in [0, 0.05) is 11.9 Å². The van der Waals surface area contributed by atoms with Crippen LogP contribution >= 0.6 is 0 Å². The first-order valence-electron chi connectivity index (χ1n) is 8.53. The molecule has 1 unspecified atom stereocenters. The van der Waals surface area contributed by atoms with Crippen molar-refractivity contribution >= 4 is 29.5 Å². The second-order valence-corrected chi connectivity index (χ2v) is 6.03.